The molecule has 1 aromatic heterocycles. The van der Waals surface area contributed by atoms with Gasteiger partial charge in [-0.05, 0) is 23.8 Å². The zero-order chi connectivity index (χ0) is 14.7. The molecule has 6 heteroatoms. The lowest BCUT2D eigenvalue weighted by Crippen LogP contribution is -2.20. The van der Waals surface area contributed by atoms with E-state index < -0.39 is 23.7 Å². The maximum atomic E-state index is 13.3. The van der Waals surface area contributed by atoms with Crippen molar-refractivity contribution in [3.63, 3.8) is 0 Å². The summed E-state index contributed by atoms with van der Waals surface area (Å²) in [5.41, 5.74) is 5.99. The molecular formula is C14H15F2NO2S. The van der Waals surface area contributed by atoms with E-state index in [4.69, 9.17) is 10.5 Å². The Bertz CT molecular complexity index is 568. The molecule has 0 aliphatic heterocycles. The Labute approximate surface area is 119 Å². The van der Waals surface area contributed by atoms with Crippen LogP contribution in [-0.2, 0) is 0 Å². The predicted molar refractivity (Wildman–Crippen MR) is 74.0 cm³/mol. The lowest BCUT2D eigenvalue weighted by atomic mass is 9.92. The fourth-order valence-electron chi connectivity index (χ4n) is 2.03. The van der Waals surface area contributed by atoms with E-state index in [0.29, 0.717) is 16.2 Å². The highest BCUT2D eigenvalue weighted by molar-refractivity contribution is 7.10. The topological polar surface area (TPSA) is 55.5 Å². The second-order valence-corrected chi connectivity index (χ2v) is 5.32. The van der Waals surface area contributed by atoms with Crippen LogP contribution in [0.1, 0.15) is 22.5 Å². The molecule has 2 atom stereocenters. The average Bonchev–Trinajstić information content (AvgIpc) is 2.87. The van der Waals surface area contributed by atoms with Crippen LogP contribution in [0.4, 0.5) is 8.78 Å². The van der Waals surface area contributed by atoms with E-state index in [1.807, 2.05) is 0 Å². The van der Waals surface area contributed by atoms with Crippen molar-refractivity contribution >= 4 is 11.3 Å². The van der Waals surface area contributed by atoms with Gasteiger partial charge in [-0.1, -0.05) is 0 Å². The molecule has 1 aromatic carbocycles. The predicted octanol–water partition coefficient (Wildman–Crippen LogP) is 2.81. The summed E-state index contributed by atoms with van der Waals surface area (Å²) in [5.74, 6) is -1.32. The lowest BCUT2D eigenvalue weighted by molar-refractivity contribution is 0.150. The number of hydrogen-bond acceptors (Lipinski definition) is 4. The van der Waals surface area contributed by atoms with Crippen LogP contribution >= 0.6 is 11.3 Å². The van der Waals surface area contributed by atoms with Crippen LogP contribution in [0.25, 0.3) is 0 Å². The number of methoxy groups -OCH3 is 1. The molecule has 2 unspecified atom stereocenters. The summed E-state index contributed by atoms with van der Waals surface area (Å²) in [6, 6.07) is 4.86. The third-order valence-electron chi connectivity index (χ3n) is 3.07. The first-order valence-electron chi connectivity index (χ1n) is 6.01. The van der Waals surface area contributed by atoms with Gasteiger partial charge in [-0.15, -0.1) is 11.3 Å². The maximum Gasteiger partial charge on any atom is 0.129 e. The number of nitrogens with two attached hydrogens (primary N) is 1. The van der Waals surface area contributed by atoms with Crippen molar-refractivity contribution in [3.8, 4) is 5.75 Å². The lowest BCUT2D eigenvalue weighted by Gasteiger charge is -2.21. The summed E-state index contributed by atoms with van der Waals surface area (Å²) >= 11 is 1.31. The van der Waals surface area contributed by atoms with Gasteiger partial charge in [-0.2, -0.15) is 0 Å². The number of ether oxygens (including phenoxy) is 1. The molecule has 0 amide bonds. The average molecular weight is 299 g/mol. The first kappa shape index (κ1) is 14.9. The van der Waals surface area contributed by atoms with Gasteiger partial charge in [0, 0.05) is 28.8 Å². The molecule has 3 nitrogen and oxygen atoms in total. The molecule has 3 N–H and O–H groups in total. The standard InChI is InChI=1S/C14H15F2NO2S/c1-19-11-5-13(20-7-11)14(18)12(6-17)8-2-9(15)4-10(16)3-8/h2-5,7,12,14,18H,6,17H2,1H3. The summed E-state index contributed by atoms with van der Waals surface area (Å²) in [7, 11) is 1.53. The van der Waals surface area contributed by atoms with E-state index in [9.17, 15) is 13.9 Å². The molecule has 0 aliphatic rings. The van der Waals surface area contributed by atoms with Gasteiger partial charge in [0.05, 0.1) is 13.2 Å². The number of halogens is 2. The molecule has 0 bridgehead atoms. The van der Waals surface area contributed by atoms with E-state index in [1.165, 1.54) is 30.6 Å². The molecule has 2 aromatic rings. The number of thiophene rings is 1. The number of hydrogen-bond donors (Lipinski definition) is 2. The van der Waals surface area contributed by atoms with Crippen LogP contribution in [0.15, 0.2) is 29.6 Å². The normalized spacial score (nSPS) is 14.1. The molecule has 0 saturated heterocycles. The van der Waals surface area contributed by atoms with E-state index in [2.05, 4.69) is 0 Å². The van der Waals surface area contributed by atoms with Crippen molar-refractivity contribution in [1.29, 1.82) is 0 Å². The Balaban J connectivity index is 2.30. The monoisotopic (exact) mass is 299 g/mol. The highest BCUT2D eigenvalue weighted by atomic mass is 32.1. The molecule has 2 rings (SSSR count). The zero-order valence-electron chi connectivity index (χ0n) is 10.8. The van der Waals surface area contributed by atoms with Gasteiger partial charge in [0.1, 0.15) is 17.4 Å². The van der Waals surface area contributed by atoms with Crippen LogP contribution in [0.2, 0.25) is 0 Å². The maximum absolute atomic E-state index is 13.3. The molecule has 0 aliphatic carbocycles. The molecule has 0 saturated carbocycles. The Morgan fingerprint density at radius 2 is 1.90 bits per heavy atom. The van der Waals surface area contributed by atoms with E-state index >= 15 is 0 Å². The van der Waals surface area contributed by atoms with Crippen LogP contribution in [0.5, 0.6) is 5.75 Å². The van der Waals surface area contributed by atoms with Gasteiger partial charge < -0.3 is 15.6 Å². The third-order valence-corrected chi connectivity index (χ3v) is 4.05. The Morgan fingerprint density at radius 1 is 1.25 bits per heavy atom. The van der Waals surface area contributed by atoms with Crippen LogP contribution in [0.3, 0.4) is 0 Å². The number of aliphatic hydroxyl groups is 1. The number of aliphatic hydroxyl groups excluding tert-OH is 1. The first-order chi connectivity index (χ1) is 9.55. The minimum atomic E-state index is -0.935. The Hall–Kier alpha value is -1.50. The van der Waals surface area contributed by atoms with Gasteiger partial charge in [0.25, 0.3) is 0 Å². The van der Waals surface area contributed by atoms with Crippen LogP contribution < -0.4 is 10.5 Å². The van der Waals surface area contributed by atoms with Crippen molar-refractivity contribution in [2.75, 3.05) is 13.7 Å². The summed E-state index contributed by atoms with van der Waals surface area (Å²) in [6.07, 6.45) is -0.935. The molecule has 0 spiro atoms. The highest BCUT2D eigenvalue weighted by Crippen LogP contribution is 2.36. The minimum absolute atomic E-state index is 0.0737. The summed E-state index contributed by atoms with van der Waals surface area (Å²) in [5, 5.41) is 12.1. The van der Waals surface area contributed by atoms with Crippen molar-refractivity contribution in [2.24, 2.45) is 5.73 Å². The Morgan fingerprint density at radius 3 is 2.40 bits per heavy atom. The molecule has 20 heavy (non-hydrogen) atoms. The largest absolute Gasteiger partial charge is 0.496 e. The van der Waals surface area contributed by atoms with Gasteiger partial charge in [0.15, 0.2) is 0 Å². The van der Waals surface area contributed by atoms with Gasteiger partial charge in [-0.3, -0.25) is 0 Å². The fraction of sp³-hybridized carbons (Fsp3) is 0.286. The summed E-state index contributed by atoms with van der Waals surface area (Å²) in [4.78, 5) is 0.641. The van der Waals surface area contributed by atoms with E-state index in [1.54, 1.807) is 11.4 Å². The van der Waals surface area contributed by atoms with Crippen molar-refractivity contribution < 1.29 is 18.6 Å². The van der Waals surface area contributed by atoms with Crippen molar-refractivity contribution in [3.05, 3.63) is 51.7 Å². The van der Waals surface area contributed by atoms with Gasteiger partial charge in [-0.25, -0.2) is 8.78 Å². The third kappa shape index (κ3) is 3.15. The number of rotatable bonds is 5. The molecule has 1 heterocycles. The van der Waals surface area contributed by atoms with Crippen LogP contribution in [-0.4, -0.2) is 18.8 Å². The van der Waals surface area contributed by atoms with E-state index in [0.717, 1.165) is 6.07 Å². The van der Waals surface area contributed by atoms with Gasteiger partial charge in [0.2, 0.25) is 0 Å². The molecule has 108 valence electrons. The minimum Gasteiger partial charge on any atom is -0.496 e. The quantitative estimate of drug-likeness (QED) is 0.892. The fourth-order valence-corrected chi connectivity index (χ4v) is 2.94. The van der Waals surface area contributed by atoms with Crippen LogP contribution in [0, 0.1) is 11.6 Å². The summed E-state index contributed by atoms with van der Waals surface area (Å²) in [6.45, 7) is 0.0737. The number of benzene rings is 1. The van der Waals surface area contributed by atoms with Gasteiger partial charge >= 0.3 is 0 Å². The molecule has 0 radical (unpaired) electrons. The Kier molecular flexibility index (Phi) is 4.69. The highest BCUT2D eigenvalue weighted by Gasteiger charge is 2.24. The second kappa shape index (κ2) is 6.30. The smallest absolute Gasteiger partial charge is 0.129 e. The molecule has 0 fully saturated rings. The summed E-state index contributed by atoms with van der Waals surface area (Å²) < 4.78 is 31.6. The second-order valence-electron chi connectivity index (χ2n) is 4.38. The van der Waals surface area contributed by atoms with Crippen molar-refractivity contribution in [2.45, 2.75) is 12.0 Å². The molecular weight excluding hydrogens is 284 g/mol. The van der Waals surface area contributed by atoms with E-state index in [-0.39, 0.29) is 6.54 Å². The first-order valence-corrected chi connectivity index (χ1v) is 6.89. The zero-order valence-corrected chi connectivity index (χ0v) is 11.7. The van der Waals surface area contributed by atoms with Crippen molar-refractivity contribution in [1.82, 2.24) is 0 Å². The SMILES string of the molecule is COc1csc(C(O)C(CN)c2cc(F)cc(F)c2)c1.